The zero-order valence-corrected chi connectivity index (χ0v) is 8.99. The van der Waals surface area contributed by atoms with Crippen molar-refractivity contribution in [2.24, 2.45) is 5.73 Å². The molecule has 5 nitrogen and oxygen atoms in total. The van der Waals surface area contributed by atoms with Gasteiger partial charge < -0.3 is 16.2 Å². The Kier molecular flexibility index (Phi) is 7.37. The van der Waals surface area contributed by atoms with Gasteiger partial charge in [-0.3, -0.25) is 9.69 Å². The number of aliphatic hydroxyl groups excluding tert-OH is 1. The first kappa shape index (κ1) is 13.4. The molecule has 0 aromatic rings. The smallest absolute Gasteiger partial charge is 0.234 e. The minimum Gasteiger partial charge on any atom is -0.393 e. The van der Waals surface area contributed by atoms with Crippen molar-refractivity contribution >= 4 is 5.91 Å². The normalized spacial score (nSPS) is 12.9. The predicted octanol–water partition coefficient (Wildman–Crippen LogP) is -1.24. The summed E-state index contributed by atoms with van der Waals surface area (Å²) in [4.78, 5) is 13.1. The Morgan fingerprint density at radius 1 is 1.64 bits per heavy atom. The molecule has 0 bridgehead atoms. The van der Waals surface area contributed by atoms with E-state index in [1.54, 1.807) is 6.92 Å². The van der Waals surface area contributed by atoms with Crippen molar-refractivity contribution in [1.29, 1.82) is 0 Å². The third kappa shape index (κ3) is 7.97. The van der Waals surface area contributed by atoms with Crippen LogP contribution in [0.15, 0.2) is 0 Å². The van der Waals surface area contributed by atoms with Gasteiger partial charge in [0.15, 0.2) is 0 Å². The number of carbonyl (C=O) groups is 1. The number of amides is 1. The second-order valence-electron chi connectivity index (χ2n) is 3.51. The molecular formula is C9H21N3O2. The zero-order valence-electron chi connectivity index (χ0n) is 8.99. The van der Waals surface area contributed by atoms with Crippen LogP contribution in [0.25, 0.3) is 0 Å². The Morgan fingerprint density at radius 3 is 2.79 bits per heavy atom. The lowest BCUT2D eigenvalue weighted by Gasteiger charge is -2.16. The number of aliphatic hydroxyl groups is 1. The monoisotopic (exact) mass is 203 g/mol. The first-order valence-electron chi connectivity index (χ1n) is 4.89. The van der Waals surface area contributed by atoms with Gasteiger partial charge in [0.05, 0.1) is 12.6 Å². The summed E-state index contributed by atoms with van der Waals surface area (Å²) in [6, 6.07) is 0. The lowest BCUT2D eigenvalue weighted by Crippen LogP contribution is -2.38. The average Bonchev–Trinajstić information content (AvgIpc) is 2.11. The molecule has 14 heavy (non-hydrogen) atoms. The first-order valence-corrected chi connectivity index (χ1v) is 4.89. The Labute approximate surface area is 85.3 Å². The third-order valence-corrected chi connectivity index (χ3v) is 1.81. The summed E-state index contributed by atoms with van der Waals surface area (Å²) in [6.07, 6.45) is 0.366. The van der Waals surface area contributed by atoms with Gasteiger partial charge in [-0.15, -0.1) is 0 Å². The van der Waals surface area contributed by atoms with Crippen molar-refractivity contribution in [3.05, 3.63) is 0 Å². The molecule has 0 radical (unpaired) electrons. The van der Waals surface area contributed by atoms with E-state index in [9.17, 15) is 4.79 Å². The second kappa shape index (κ2) is 7.73. The summed E-state index contributed by atoms with van der Waals surface area (Å²) in [5.74, 6) is -0.0245. The number of nitrogens with one attached hydrogen (secondary N) is 1. The van der Waals surface area contributed by atoms with Gasteiger partial charge >= 0.3 is 0 Å². The van der Waals surface area contributed by atoms with Crippen molar-refractivity contribution in [3.63, 3.8) is 0 Å². The van der Waals surface area contributed by atoms with Crippen LogP contribution in [-0.2, 0) is 4.79 Å². The topological polar surface area (TPSA) is 78.6 Å². The van der Waals surface area contributed by atoms with Gasteiger partial charge in [-0.2, -0.15) is 0 Å². The quantitative estimate of drug-likeness (QED) is 0.484. The molecule has 84 valence electrons. The minimum absolute atomic E-state index is 0.0245. The molecule has 0 aliphatic heterocycles. The van der Waals surface area contributed by atoms with Gasteiger partial charge in [-0.05, 0) is 20.4 Å². The number of hydrogen-bond acceptors (Lipinski definition) is 4. The lowest BCUT2D eigenvalue weighted by molar-refractivity contribution is -0.121. The summed E-state index contributed by atoms with van der Waals surface area (Å²) >= 11 is 0. The van der Waals surface area contributed by atoms with Gasteiger partial charge in [0.25, 0.3) is 0 Å². The molecule has 0 rings (SSSR count). The van der Waals surface area contributed by atoms with E-state index >= 15 is 0 Å². The van der Waals surface area contributed by atoms with Crippen LogP contribution in [0.3, 0.4) is 0 Å². The van der Waals surface area contributed by atoms with Gasteiger partial charge in [-0.1, -0.05) is 0 Å². The molecule has 5 heteroatoms. The minimum atomic E-state index is -0.315. The predicted molar refractivity (Wildman–Crippen MR) is 55.9 cm³/mol. The molecule has 1 unspecified atom stereocenters. The molecule has 0 heterocycles. The maximum atomic E-state index is 11.2. The van der Waals surface area contributed by atoms with Crippen molar-refractivity contribution in [2.75, 3.05) is 33.2 Å². The highest BCUT2D eigenvalue weighted by Gasteiger charge is 2.06. The fourth-order valence-corrected chi connectivity index (χ4v) is 0.999. The van der Waals surface area contributed by atoms with Crippen LogP contribution in [0, 0.1) is 0 Å². The summed E-state index contributed by atoms with van der Waals surface area (Å²) in [5.41, 5.74) is 5.24. The Morgan fingerprint density at radius 2 is 2.29 bits per heavy atom. The van der Waals surface area contributed by atoms with E-state index in [-0.39, 0.29) is 12.0 Å². The number of carbonyl (C=O) groups excluding carboxylic acids is 1. The molecule has 0 saturated heterocycles. The number of rotatable bonds is 7. The lowest BCUT2D eigenvalue weighted by atomic mass is 10.3. The number of likely N-dealkylation sites (N-methyl/N-ethyl adjacent to an activating group) is 1. The molecule has 0 aromatic heterocycles. The van der Waals surface area contributed by atoms with E-state index in [0.717, 1.165) is 0 Å². The highest BCUT2D eigenvalue weighted by molar-refractivity contribution is 5.77. The molecule has 0 aliphatic carbocycles. The van der Waals surface area contributed by atoms with Gasteiger partial charge in [0.2, 0.25) is 5.91 Å². The van der Waals surface area contributed by atoms with E-state index in [2.05, 4.69) is 5.32 Å². The average molecular weight is 203 g/mol. The second-order valence-corrected chi connectivity index (χ2v) is 3.51. The summed E-state index contributed by atoms with van der Waals surface area (Å²) in [5, 5.41) is 11.7. The SMILES string of the molecule is CC(O)CCN(C)CC(=O)NCCN. The van der Waals surface area contributed by atoms with E-state index in [1.165, 1.54) is 0 Å². The molecular weight excluding hydrogens is 182 g/mol. The number of hydrogen-bond donors (Lipinski definition) is 3. The van der Waals surface area contributed by atoms with Crippen molar-refractivity contribution < 1.29 is 9.90 Å². The fraction of sp³-hybridized carbons (Fsp3) is 0.889. The molecule has 0 saturated carbocycles. The summed E-state index contributed by atoms with van der Waals surface area (Å²) < 4.78 is 0. The van der Waals surface area contributed by atoms with Crippen LogP contribution in [0.1, 0.15) is 13.3 Å². The molecule has 0 spiro atoms. The number of nitrogens with zero attached hydrogens (tertiary/aromatic N) is 1. The molecule has 0 aromatic carbocycles. The van der Waals surface area contributed by atoms with E-state index in [0.29, 0.717) is 32.6 Å². The van der Waals surface area contributed by atoms with Crippen LogP contribution in [0.2, 0.25) is 0 Å². The molecule has 0 aliphatic rings. The van der Waals surface area contributed by atoms with E-state index in [1.807, 2.05) is 11.9 Å². The molecule has 4 N–H and O–H groups in total. The fourth-order valence-electron chi connectivity index (χ4n) is 0.999. The first-order chi connectivity index (χ1) is 6.56. The summed E-state index contributed by atoms with van der Waals surface area (Å²) in [6.45, 7) is 3.79. The van der Waals surface area contributed by atoms with Gasteiger partial charge in [-0.25, -0.2) is 0 Å². The Balaban J connectivity index is 3.50. The van der Waals surface area contributed by atoms with Crippen LogP contribution in [0.4, 0.5) is 0 Å². The number of nitrogens with two attached hydrogens (primary N) is 1. The van der Waals surface area contributed by atoms with Crippen LogP contribution < -0.4 is 11.1 Å². The van der Waals surface area contributed by atoms with Crippen molar-refractivity contribution in [1.82, 2.24) is 10.2 Å². The molecule has 1 atom stereocenters. The van der Waals surface area contributed by atoms with Crippen LogP contribution in [-0.4, -0.2) is 55.2 Å². The van der Waals surface area contributed by atoms with Crippen molar-refractivity contribution in [2.45, 2.75) is 19.4 Å². The van der Waals surface area contributed by atoms with E-state index < -0.39 is 0 Å². The maximum absolute atomic E-state index is 11.2. The third-order valence-electron chi connectivity index (χ3n) is 1.81. The highest BCUT2D eigenvalue weighted by Crippen LogP contribution is 1.92. The molecule has 0 fully saturated rings. The molecule has 1 amide bonds. The van der Waals surface area contributed by atoms with Crippen LogP contribution in [0.5, 0.6) is 0 Å². The van der Waals surface area contributed by atoms with Gasteiger partial charge in [0, 0.05) is 19.6 Å². The van der Waals surface area contributed by atoms with Crippen molar-refractivity contribution in [3.8, 4) is 0 Å². The Hall–Kier alpha value is -0.650. The maximum Gasteiger partial charge on any atom is 0.234 e. The zero-order chi connectivity index (χ0) is 11.0. The van der Waals surface area contributed by atoms with Crippen LogP contribution >= 0.6 is 0 Å². The standard InChI is InChI=1S/C9H21N3O2/c1-8(13)3-6-12(2)7-9(14)11-5-4-10/h8,13H,3-7,10H2,1-2H3,(H,11,14). The highest BCUT2D eigenvalue weighted by atomic mass is 16.3. The Bertz CT molecular complexity index is 162. The van der Waals surface area contributed by atoms with E-state index in [4.69, 9.17) is 10.8 Å². The summed E-state index contributed by atoms with van der Waals surface area (Å²) in [7, 11) is 1.85. The van der Waals surface area contributed by atoms with Gasteiger partial charge in [0.1, 0.15) is 0 Å². The largest absolute Gasteiger partial charge is 0.393 e.